The number of hydrogen-bond acceptors (Lipinski definition) is 2. The van der Waals surface area contributed by atoms with Crippen molar-refractivity contribution in [1.82, 2.24) is 5.32 Å². The van der Waals surface area contributed by atoms with Crippen molar-refractivity contribution in [1.29, 1.82) is 5.26 Å². The standard InChI is InChI=1S/C10H12N2/c1-3-5-6-7-10(4-2)12-9-8-11/h3-7,12H,1-2,9H2/b6-5-,10-7+. The Morgan fingerprint density at radius 1 is 1.42 bits per heavy atom. The second-order valence-corrected chi connectivity index (χ2v) is 1.96. The maximum absolute atomic E-state index is 8.27. The molecule has 0 aliphatic carbocycles. The summed E-state index contributed by atoms with van der Waals surface area (Å²) in [6, 6.07) is 1.98. The molecule has 0 aromatic heterocycles. The molecule has 62 valence electrons. The predicted octanol–water partition coefficient (Wildman–Crippen LogP) is 1.91. The zero-order valence-corrected chi connectivity index (χ0v) is 6.96. The van der Waals surface area contributed by atoms with Crippen LogP contribution in [0, 0.1) is 11.3 Å². The monoisotopic (exact) mass is 160 g/mol. The molecule has 0 aromatic rings. The molecule has 0 aliphatic rings. The smallest absolute Gasteiger partial charge is 0.103 e. The minimum Gasteiger partial charge on any atom is -0.372 e. The second kappa shape index (κ2) is 7.36. The van der Waals surface area contributed by atoms with Gasteiger partial charge in [0.2, 0.25) is 0 Å². The molecular formula is C10H12N2. The van der Waals surface area contributed by atoms with E-state index in [2.05, 4.69) is 18.5 Å². The molecule has 0 spiro atoms. The first kappa shape index (κ1) is 10.2. The van der Waals surface area contributed by atoms with Gasteiger partial charge in [-0.15, -0.1) is 0 Å². The Hall–Kier alpha value is -1.75. The average Bonchev–Trinajstić information content (AvgIpc) is 2.11. The summed E-state index contributed by atoms with van der Waals surface area (Å²) in [7, 11) is 0. The SMILES string of the molecule is C=C/C=C\C=C(/C=C)NCC#N. The third-order valence-electron chi connectivity index (χ3n) is 1.11. The first-order valence-corrected chi connectivity index (χ1v) is 3.57. The quantitative estimate of drug-likeness (QED) is 0.492. The number of nitriles is 1. The zero-order valence-electron chi connectivity index (χ0n) is 6.96. The molecule has 0 aliphatic heterocycles. The van der Waals surface area contributed by atoms with E-state index in [-0.39, 0.29) is 0 Å². The van der Waals surface area contributed by atoms with Crippen LogP contribution < -0.4 is 5.32 Å². The molecule has 2 heteroatoms. The van der Waals surface area contributed by atoms with Gasteiger partial charge in [0.1, 0.15) is 6.54 Å². The number of rotatable bonds is 5. The van der Waals surface area contributed by atoms with Crippen LogP contribution in [0.5, 0.6) is 0 Å². The van der Waals surface area contributed by atoms with E-state index >= 15 is 0 Å². The molecule has 0 fully saturated rings. The van der Waals surface area contributed by atoms with Crippen LogP contribution in [0.25, 0.3) is 0 Å². The Balaban J connectivity index is 4.05. The Morgan fingerprint density at radius 3 is 2.67 bits per heavy atom. The highest BCUT2D eigenvalue weighted by Crippen LogP contribution is 1.90. The van der Waals surface area contributed by atoms with Crippen LogP contribution in [-0.2, 0) is 0 Å². The first-order chi connectivity index (χ1) is 5.85. The van der Waals surface area contributed by atoms with E-state index in [4.69, 9.17) is 5.26 Å². The Labute approximate surface area is 73.2 Å². The van der Waals surface area contributed by atoms with Gasteiger partial charge in [-0.1, -0.05) is 31.4 Å². The van der Waals surface area contributed by atoms with E-state index in [1.807, 2.05) is 18.2 Å². The van der Waals surface area contributed by atoms with Crippen molar-refractivity contribution in [2.75, 3.05) is 6.54 Å². The van der Waals surface area contributed by atoms with Crippen LogP contribution >= 0.6 is 0 Å². The minimum atomic E-state index is 0.291. The van der Waals surface area contributed by atoms with Gasteiger partial charge in [-0.2, -0.15) is 5.26 Å². The fraction of sp³-hybridized carbons (Fsp3) is 0.100. The molecule has 0 unspecified atom stereocenters. The van der Waals surface area contributed by atoms with Crippen LogP contribution in [0.4, 0.5) is 0 Å². The molecule has 0 atom stereocenters. The van der Waals surface area contributed by atoms with Crippen molar-refractivity contribution in [3.05, 3.63) is 49.2 Å². The summed E-state index contributed by atoms with van der Waals surface area (Å²) in [6.45, 7) is 7.42. The van der Waals surface area contributed by atoms with E-state index in [0.29, 0.717) is 6.54 Å². The highest BCUT2D eigenvalue weighted by Gasteiger charge is 1.84. The van der Waals surface area contributed by atoms with Gasteiger partial charge in [0, 0.05) is 5.70 Å². The van der Waals surface area contributed by atoms with E-state index in [0.717, 1.165) is 5.70 Å². The maximum atomic E-state index is 8.27. The lowest BCUT2D eigenvalue weighted by atomic mass is 10.3. The summed E-state index contributed by atoms with van der Waals surface area (Å²) >= 11 is 0. The molecule has 0 bridgehead atoms. The van der Waals surface area contributed by atoms with E-state index in [1.54, 1.807) is 18.2 Å². The molecule has 1 N–H and O–H groups in total. The van der Waals surface area contributed by atoms with Gasteiger partial charge >= 0.3 is 0 Å². The Bertz CT molecular complexity index is 241. The third kappa shape index (κ3) is 5.07. The molecule has 0 heterocycles. The van der Waals surface area contributed by atoms with Gasteiger partial charge in [-0.25, -0.2) is 0 Å². The molecule has 0 saturated carbocycles. The van der Waals surface area contributed by atoms with Crippen molar-refractivity contribution in [2.24, 2.45) is 0 Å². The molecule has 0 amide bonds. The summed E-state index contributed by atoms with van der Waals surface area (Å²) in [6.07, 6.45) is 8.80. The Kier molecular flexibility index (Phi) is 6.29. The fourth-order valence-electron chi connectivity index (χ4n) is 0.579. The summed E-state index contributed by atoms with van der Waals surface area (Å²) < 4.78 is 0. The van der Waals surface area contributed by atoms with Gasteiger partial charge in [0.25, 0.3) is 0 Å². The summed E-state index contributed by atoms with van der Waals surface area (Å²) in [5, 5.41) is 11.1. The maximum Gasteiger partial charge on any atom is 0.103 e. The van der Waals surface area contributed by atoms with Crippen LogP contribution in [0.1, 0.15) is 0 Å². The largest absolute Gasteiger partial charge is 0.372 e. The van der Waals surface area contributed by atoms with Gasteiger partial charge < -0.3 is 5.32 Å². The number of allylic oxidation sites excluding steroid dienone is 5. The number of nitrogens with zero attached hydrogens (tertiary/aromatic N) is 1. The van der Waals surface area contributed by atoms with Gasteiger partial charge in [0.15, 0.2) is 0 Å². The van der Waals surface area contributed by atoms with Crippen LogP contribution in [0.2, 0.25) is 0 Å². The van der Waals surface area contributed by atoms with E-state index in [1.165, 1.54) is 0 Å². The highest BCUT2D eigenvalue weighted by atomic mass is 14.9. The molecule has 0 rings (SSSR count). The number of hydrogen-bond donors (Lipinski definition) is 1. The van der Waals surface area contributed by atoms with Crippen molar-refractivity contribution < 1.29 is 0 Å². The van der Waals surface area contributed by atoms with Gasteiger partial charge in [-0.3, -0.25) is 0 Å². The summed E-state index contributed by atoms with van der Waals surface area (Å²) in [5.74, 6) is 0. The van der Waals surface area contributed by atoms with Gasteiger partial charge in [0.05, 0.1) is 6.07 Å². The topological polar surface area (TPSA) is 35.8 Å². The fourth-order valence-corrected chi connectivity index (χ4v) is 0.579. The van der Waals surface area contributed by atoms with Crippen molar-refractivity contribution >= 4 is 0 Å². The van der Waals surface area contributed by atoms with Crippen molar-refractivity contribution in [2.45, 2.75) is 0 Å². The number of nitrogens with one attached hydrogen (secondary N) is 1. The van der Waals surface area contributed by atoms with Crippen molar-refractivity contribution in [3.8, 4) is 6.07 Å². The zero-order chi connectivity index (χ0) is 9.23. The second-order valence-electron chi connectivity index (χ2n) is 1.96. The lowest BCUT2D eigenvalue weighted by Crippen LogP contribution is -2.10. The molecule has 12 heavy (non-hydrogen) atoms. The third-order valence-corrected chi connectivity index (χ3v) is 1.11. The van der Waals surface area contributed by atoms with Crippen molar-refractivity contribution in [3.63, 3.8) is 0 Å². The van der Waals surface area contributed by atoms with Crippen LogP contribution in [0.3, 0.4) is 0 Å². The summed E-state index contributed by atoms with van der Waals surface area (Å²) in [4.78, 5) is 0. The Morgan fingerprint density at radius 2 is 2.17 bits per heavy atom. The molecule has 0 radical (unpaired) electrons. The lowest BCUT2D eigenvalue weighted by molar-refractivity contribution is 0.944. The molecule has 0 saturated heterocycles. The van der Waals surface area contributed by atoms with Crippen LogP contribution in [-0.4, -0.2) is 6.54 Å². The minimum absolute atomic E-state index is 0.291. The molecular weight excluding hydrogens is 148 g/mol. The molecule has 0 aromatic carbocycles. The highest BCUT2D eigenvalue weighted by molar-refractivity contribution is 5.22. The normalized spacial score (nSPS) is 10.8. The van der Waals surface area contributed by atoms with Crippen LogP contribution in [0.15, 0.2) is 49.2 Å². The average molecular weight is 160 g/mol. The summed E-state index contributed by atoms with van der Waals surface area (Å²) in [5.41, 5.74) is 0.828. The van der Waals surface area contributed by atoms with E-state index < -0.39 is 0 Å². The lowest BCUT2D eigenvalue weighted by Gasteiger charge is -1.98. The molecule has 2 nitrogen and oxygen atoms in total. The predicted molar refractivity (Wildman–Crippen MR) is 51.2 cm³/mol. The van der Waals surface area contributed by atoms with E-state index in [9.17, 15) is 0 Å². The van der Waals surface area contributed by atoms with Gasteiger partial charge in [-0.05, 0) is 12.2 Å². The first-order valence-electron chi connectivity index (χ1n) is 3.57.